The fourth-order valence-electron chi connectivity index (χ4n) is 0.0791. The highest BCUT2D eigenvalue weighted by molar-refractivity contribution is 4.11. The van der Waals surface area contributed by atoms with Gasteiger partial charge in [-0.25, -0.2) is 4.84 Å². The van der Waals surface area contributed by atoms with Crippen LogP contribution in [0.4, 0.5) is 0 Å². The Morgan fingerprint density at radius 2 is 2.43 bits per heavy atom. The van der Waals surface area contributed by atoms with E-state index in [1.165, 1.54) is 0 Å². The van der Waals surface area contributed by atoms with Gasteiger partial charge in [0.1, 0.15) is 0 Å². The van der Waals surface area contributed by atoms with Crippen molar-refractivity contribution in [2.45, 2.75) is 0 Å². The Morgan fingerprint density at radius 3 is 2.57 bits per heavy atom. The third kappa shape index (κ3) is 5.28. The molecule has 0 aromatic carbocycles. The van der Waals surface area contributed by atoms with Gasteiger partial charge < -0.3 is 5.21 Å². The molecule has 0 fully saturated rings. The van der Waals surface area contributed by atoms with Crippen molar-refractivity contribution < 1.29 is 9.76 Å². The van der Waals surface area contributed by atoms with E-state index < -0.39 is 11.7 Å². The summed E-state index contributed by atoms with van der Waals surface area (Å²) in [5, 5.41) is 18.3. The van der Waals surface area contributed by atoms with Gasteiger partial charge in [-0.1, -0.05) is 0 Å². The SMILES string of the molecule is O=[N+]([O-])CON[O-]. The quantitative estimate of drug-likeness (QED) is 0.291. The highest BCUT2D eigenvalue weighted by atomic mass is 16.9. The number of nitrogens with one attached hydrogen (secondary N) is 1. The Kier molecular flexibility index (Phi) is 3.11. The average Bonchev–Trinajstić information content (AvgIpc) is 1.61. The fraction of sp³-hybridized carbons (Fsp3) is 1.00. The van der Waals surface area contributed by atoms with Gasteiger partial charge >= 0.3 is 6.73 Å². The normalized spacial score (nSPS) is 8.71. The zero-order valence-corrected chi connectivity index (χ0v) is 3.29. The second-order valence-electron chi connectivity index (χ2n) is 0.690. The van der Waals surface area contributed by atoms with Crippen LogP contribution in [0.5, 0.6) is 0 Å². The molecule has 0 heterocycles. The molecule has 0 aromatic heterocycles. The molecule has 0 aromatic rings. The highest BCUT2D eigenvalue weighted by Crippen LogP contribution is 1.64. The molecule has 0 amide bonds. The van der Waals surface area contributed by atoms with E-state index in [2.05, 4.69) is 4.84 Å². The van der Waals surface area contributed by atoms with Crippen LogP contribution >= 0.6 is 0 Å². The zero-order valence-electron chi connectivity index (χ0n) is 3.29. The molecular weight excluding hydrogens is 104 g/mol. The Balaban J connectivity index is 2.82. The Bertz CT molecular complexity index is 62.7. The third-order valence-electron chi connectivity index (χ3n) is 0.229. The van der Waals surface area contributed by atoms with Crippen molar-refractivity contribution in [3.63, 3.8) is 0 Å². The van der Waals surface area contributed by atoms with E-state index in [1.807, 2.05) is 0 Å². The molecule has 0 aliphatic carbocycles. The van der Waals surface area contributed by atoms with Crippen molar-refractivity contribution in [3.8, 4) is 0 Å². The molecule has 0 bridgehead atoms. The molecule has 0 unspecified atom stereocenters. The van der Waals surface area contributed by atoms with E-state index in [1.54, 1.807) is 0 Å². The molecule has 0 spiro atoms. The molecule has 0 aliphatic rings. The zero-order chi connectivity index (χ0) is 5.70. The first-order chi connectivity index (χ1) is 3.27. The summed E-state index contributed by atoms with van der Waals surface area (Å²) >= 11 is 0. The molecule has 0 atom stereocenters. The topological polar surface area (TPSA) is 87.5 Å². The minimum absolute atomic E-state index is 0.773. The van der Waals surface area contributed by atoms with E-state index in [9.17, 15) is 10.1 Å². The van der Waals surface area contributed by atoms with Crippen LogP contribution in [0, 0.1) is 15.3 Å². The Hall–Kier alpha value is -0.720. The molecule has 0 rings (SSSR count). The summed E-state index contributed by atoms with van der Waals surface area (Å²) in [5.74, 6) is 0. The van der Waals surface area contributed by atoms with Crippen molar-refractivity contribution in [2.75, 3.05) is 6.73 Å². The summed E-state index contributed by atoms with van der Waals surface area (Å²) in [6, 6.07) is 0. The van der Waals surface area contributed by atoms with Gasteiger partial charge in [0.2, 0.25) is 0 Å². The first-order valence-electron chi connectivity index (χ1n) is 1.38. The Labute approximate surface area is 38.8 Å². The number of rotatable bonds is 3. The monoisotopic (exact) mass is 107 g/mol. The summed E-state index contributed by atoms with van der Waals surface area (Å²) in [7, 11) is 0. The maximum Gasteiger partial charge on any atom is 0.320 e. The fourth-order valence-corrected chi connectivity index (χ4v) is 0.0791. The van der Waals surface area contributed by atoms with Crippen molar-refractivity contribution in [2.24, 2.45) is 0 Å². The van der Waals surface area contributed by atoms with Crippen LogP contribution in [0.3, 0.4) is 0 Å². The van der Waals surface area contributed by atoms with Crippen LogP contribution in [0.2, 0.25) is 0 Å². The first kappa shape index (κ1) is 6.28. The van der Waals surface area contributed by atoms with Gasteiger partial charge in [-0.15, -0.1) is 0 Å². The van der Waals surface area contributed by atoms with Crippen LogP contribution in [0.15, 0.2) is 0 Å². The van der Waals surface area contributed by atoms with E-state index in [0.717, 1.165) is 5.64 Å². The minimum Gasteiger partial charge on any atom is -0.765 e. The number of hydrogen-bond donors (Lipinski definition) is 1. The van der Waals surface area contributed by atoms with Crippen molar-refractivity contribution in [1.29, 1.82) is 0 Å². The first-order valence-corrected chi connectivity index (χ1v) is 1.38. The molecule has 0 saturated heterocycles. The van der Waals surface area contributed by atoms with Gasteiger partial charge in [-0.3, -0.25) is 15.8 Å². The lowest BCUT2D eigenvalue weighted by Crippen LogP contribution is -2.12. The minimum atomic E-state index is -0.802. The van der Waals surface area contributed by atoms with E-state index in [-0.39, 0.29) is 0 Å². The predicted molar refractivity (Wildman–Crippen MR) is 19.4 cm³/mol. The summed E-state index contributed by atoms with van der Waals surface area (Å²) in [4.78, 5) is 12.1. The lowest BCUT2D eigenvalue weighted by Gasteiger charge is -2.00. The van der Waals surface area contributed by atoms with Crippen molar-refractivity contribution in [1.82, 2.24) is 5.64 Å². The smallest absolute Gasteiger partial charge is 0.320 e. The maximum absolute atomic E-state index is 9.26. The second kappa shape index (κ2) is 3.47. The average molecular weight is 107 g/mol. The predicted octanol–water partition coefficient (Wildman–Crippen LogP) is -0.760. The molecule has 7 heavy (non-hydrogen) atoms. The summed E-state index contributed by atoms with van der Waals surface area (Å²) in [6.45, 7) is -0.802. The largest absolute Gasteiger partial charge is 0.765 e. The van der Waals surface area contributed by atoms with Crippen molar-refractivity contribution >= 4 is 0 Å². The summed E-state index contributed by atoms with van der Waals surface area (Å²) < 4.78 is 0. The van der Waals surface area contributed by atoms with Crippen LogP contribution in [0.1, 0.15) is 0 Å². The standard InChI is InChI=1S/CH3N2O4/c4-2-7-1-3(5)6/h2H,1H2/q-1. The van der Waals surface area contributed by atoms with Crippen LogP contribution in [-0.4, -0.2) is 11.7 Å². The number of nitrogens with zero attached hydrogens (tertiary/aromatic N) is 1. The third-order valence-corrected chi connectivity index (χ3v) is 0.229. The number of nitro groups is 1. The lowest BCUT2D eigenvalue weighted by molar-refractivity contribution is -0.531. The molecule has 1 N–H and O–H groups in total. The van der Waals surface area contributed by atoms with Crippen molar-refractivity contribution in [3.05, 3.63) is 15.3 Å². The van der Waals surface area contributed by atoms with Gasteiger partial charge in [-0.05, 0) is 0 Å². The van der Waals surface area contributed by atoms with Gasteiger partial charge in [0.05, 0.1) is 4.92 Å². The highest BCUT2D eigenvalue weighted by Gasteiger charge is 1.87. The maximum atomic E-state index is 9.26. The summed E-state index contributed by atoms with van der Waals surface area (Å²) in [6.07, 6.45) is 0. The lowest BCUT2D eigenvalue weighted by atomic mass is 11.3. The number of hydrogen-bond acceptors (Lipinski definition) is 5. The molecule has 0 saturated carbocycles. The molecule has 6 nitrogen and oxygen atoms in total. The van der Waals surface area contributed by atoms with Gasteiger partial charge in [0, 0.05) is 0 Å². The van der Waals surface area contributed by atoms with E-state index >= 15 is 0 Å². The molecule has 0 aliphatic heterocycles. The van der Waals surface area contributed by atoms with Gasteiger partial charge in [-0.2, -0.15) is 0 Å². The Morgan fingerprint density at radius 1 is 1.86 bits per heavy atom. The van der Waals surface area contributed by atoms with Crippen LogP contribution in [-0.2, 0) is 4.84 Å². The van der Waals surface area contributed by atoms with Crippen LogP contribution < -0.4 is 5.64 Å². The van der Waals surface area contributed by atoms with Crippen LogP contribution in [0.25, 0.3) is 0 Å². The molecule has 6 heteroatoms. The molecular formula is CH3N2O4-. The molecule has 0 radical (unpaired) electrons. The van der Waals surface area contributed by atoms with Gasteiger partial charge in [0.25, 0.3) is 0 Å². The second-order valence-corrected chi connectivity index (χ2v) is 0.690. The summed E-state index contributed by atoms with van der Waals surface area (Å²) in [5.41, 5.74) is 0.907. The molecule has 42 valence electrons. The van der Waals surface area contributed by atoms with E-state index in [0.29, 0.717) is 0 Å². The van der Waals surface area contributed by atoms with Gasteiger partial charge in [0.15, 0.2) is 0 Å². The van der Waals surface area contributed by atoms with E-state index in [4.69, 9.17) is 5.21 Å².